The minimum absolute atomic E-state index is 0.142. The first-order valence-electron chi connectivity index (χ1n) is 6.55. The molecule has 3 rings (SSSR count). The van der Waals surface area contributed by atoms with Crippen LogP contribution in [0.4, 0.5) is 10.1 Å². The number of nitro groups is 1. The van der Waals surface area contributed by atoms with E-state index in [2.05, 4.69) is 15.0 Å². The lowest BCUT2D eigenvalue weighted by Crippen LogP contribution is -1.94. The van der Waals surface area contributed by atoms with Gasteiger partial charge in [-0.25, -0.2) is 14.4 Å². The van der Waals surface area contributed by atoms with Crippen LogP contribution in [-0.2, 0) is 0 Å². The number of rotatable bonds is 3. The van der Waals surface area contributed by atoms with Crippen molar-refractivity contribution in [3.05, 3.63) is 52.7 Å². The van der Waals surface area contributed by atoms with Gasteiger partial charge in [-0.1, -0.05) is 13.8 Å². The van der Waals surface area contributed by atoms with Crippen molar-refractivity contribution in [3.63, 3.8) is 0 Å². The van der Waals surface area contributed by atoms with Gasteiger partial charge < -0.3 is 9.72 Å². The van der Waals surface area contributed by atoms with Crippen molar-refractivity contribution in [2.24, 2.45) is 0 Å². The van der Waals surface area contributed by atoms with Crippen LogP contribution in [0.3, 0.4) is 0 Å². The van der Waals surface area contributed by atoms with Gasteiger partial charge in [-0.05, 0) is 12.1 Å². The summed E-state index contributed by atoms with van der Waals surface area (Å²) >= 11 is 0. The standard InChI is InChI=1S/C12H7FN4O3.C2H6/c13-9-5-7(17(18)19)1-2-10(9)20-12-8-3-4-14-11(8)15-6-16-12;1-2/h1-6H,(H,14,15,16);1-2H3. The predicted octanol–water partition coefficient (Wildman–Crippen LogP) is 3.82. The normalized spacial score (nSPS) is 9.95. The SMILES string of the molecule is CC.O=[N+]([O-])c1ccc(Oc2ncnc3[nH]ccc23)c(F)c1. The smallest absolute Gasteiger partial charge is 0.272 e. The molecular formula is C14H13FN4O3. The average Bonchev–Trinajstić information content (AvgIpc) is 3.00. The molecule has 2 aromatic heterocycles. The van der Waals surface area contributed by atoms with Gasteiger partial charge >= 0.3 is 0 Å². The fourth-order valence-corrected chi connectivity index (χ4v) is 1.72. The molecule has 1 aromatic carbocycles. The molecule has 0 unspecified atom stereocenters. The largest absolute Gasteiger partial charge is 0.435 e. The van der Waals surface area contributed by atoms with E-state index in [1.807, 2.05) is 13.8 Å². The molecule has 7 nitrogen and oxygen atoms in total. The molecule has 0 saturated carbocycles. The lowest BCUT2D eigenvalue weighted by molar-refractivity contribution is -0.385. The van der Waals surface area contributed by atoms with Gasteiger partial charge in [-0.3, -0.25) is 10.1 Å². The van der Waals surface area contributed by atoms with Crippen LogP contribution < -0.4 is 4.74 Å². The first-order valence-corrected chi connectivity index (χ1v) is 6.55. The third kappa shape index (κ3) is 3.00. The highest BCUT2D eigenvalue weighted by molar-refractivity contribution is 5.80. The summed E-state index contributed by atoms with van der Waals surface area (Å²) in [7, 11) is 0. The maximum Gasteiger partial charge on any atom is 0.272 e. The molecule has 0 aliphatic carbocycles. The maximum absolute atomic E-state index is 13.7. The third-order valence-corrected chi connectivity index (χ3v) is 2.65. The first kappa shape index (κ1) is 15.4. The van der Waals surface area contributed by atoms with E-state index < -0.39 is 10.7 Å². The molecule has 0 radical (unpaired) electrons. The number of hydrogen-bond acceptors (Lipinski definition) is 5. The molecular weight excluding hydrogens is 291 g/mol. The summed E-state index contributed by atoms with van der Waals surface area (Å²) in [6, 6.07) is 4.83. The summed E-state index contributed by atoms with van der Waals surface area (Å²) in [5.74, 6) is -0.803. The molecule has 0 amide bonds. The van der Waals surface area contributed by atoms with E-state index in [9.17, 15) is 14.5 Å². The van der Waals surface area contributed by atoms with Gasteiger partial charge in [0.2, 0.25) is 5.88 Å². The molecule has 22 heavy (non-hydrogen) atoms. The summed E-state index contributed by atoms with van der Waals surface area (Å²) in [4.78, 5) is 20.6. The summed E-state index contributed by atoms with van der Waals surface area (Å²) in [6.07, 6.45) is 2.93. The van der Waals surface area contributed by atoms with Crippen molar-refractivity contribution in [1.29, 1.82) is 0 Å². The van der Waals surface area contributed by atoms with E-state index in [1.54, 1.807) is 12.3 Å². The minimum atomic E-state index is -0.832. The second-order valence-electron chi connectivity index (χ2n) is 3.89. The number of hydrogen-bond donors (Lipinski definition) is 1. The number of benzene rings is 1. The zero-order chi connectivity index (χ0) is 16.1. The fraction of sp³-hybridized carbons (Fsp3) is 0.143. The molecule has 0 aliphatic heterocycles. The zero-order valence-electron chi connectivity index (χ0n) is 11.9. The number of aromatic amines is 1. The predicted molar refractivity (Wildman–Crippen MR) is 78.4 cm³/mol. The molecule has 0 aliphatic rings. The van der Waals surface area contributed by atoms with Crippen molar-refractivity contribution in [3.8, 4) is 11.6 Å². The lowest BCUT2D eigenvalue weighted by Gasteiger charge is -2.06. The van der Waals surface area contributed by atoms with Crippen LogP contribution in [-0.4, -0.2) is 19.9 Å². The zero-order valence-corrected chi connectivity index (χ0v) is 11.9. The number of non-ortho nitro benzene ring substituents is 1. The average molecular weight is 304 g/mol. The Hall–Kier alpha value is -3.03. The van der Waals surface area contributed by atoms with E-state index in [0.717, 1.165) is 12.1 Å². The molecule has 3 aromatic rings. The molecule has 114 valence electrons. The number of H-pyrrole nitrogens is 1. The molecule has 0 fully saturated rings. The molecule has 8 heteroatoms. The minimum Gasteiger partial charge on any atom is -0.435 e. The van der Waals surface area contributed by atoms with Gasteiger partial charge in [0.1, 0.15) is 12.0 Å². The Labute approximate surface area is 124 Å². The van der Waals surface area contributed by atoms with Gasteiger partial charge in [0, 0.05) is 12.3 Å². The van der Waals surface area contributed by atoms with Gasteiger partial charge in [0.25, 0.3) is 5.69 Å². The summed E-state index contributed by atoms with van der Waals surface area (Å²) in [6.45, 7) is 4.00. The van der Waals surface area contributed by atoms with Gasteiger partial charge in [0.05, 0.1) is 16.4 Å². The third-order valence-electron chi connectivity index (χ3n) is 2.65. The Kier molecular flexibility index (Phi) is 4.62. The van der Waals surface area contributed by atoms with Crippen LogP contribution in [0, 0.1) is 15.9 Å². The summed E-state index contributed by atoms with van der Waals surface area (Å²) < 4.78 is 19.1. The highest BCUT2D eigenvalue weighted by Crippen LogP contribution is 2.29. The number of nitrogens with one attached hydrogen (secondary N) is 1. The molecule has 1 N–H and O–H groups in total. The Morgan fingerprint density at radius 2 is 2.05 bits per heavy atom. The highest BCUT2D eigenvalue weighted by atomic mass is 19.1. The Balaban J connectivity index is 0.000000847. The lowest BCUT2D eigenvalue weighted by atomic mass is 10.3. The van der Waals surface area contributed by atoms with Crippen LogP contribution in [0.25, 0.3) is 11.0 Å². The Morgan fingerprint density at radius 1 is 1.27 bits per heavy atom. The van der Waals surface area contributed by atoms with Crippen molar-refractivity contribution in [2.75, 3.05) is 0 Å². The van der Waals surface area contributed by atoms with Crippen LogP contribution in [0.2, 0.25) is 0 Å². The van der Waals surface area contributed by atoms with Gasteiger partial charge in [-0.2, -0.15) is 0 Å². The Bertz CT molecular complexity index is 804. The summed E-state index contributed by atoms with van der Waals surface area (Å²) in [5, 5.41) is 11.1. The second kappa shape index (κ2) is 6.61. The number of aromatic nitrogens is 3. The number of nitrogens with zero attached hydrogens (tertiary/aromatic N) is 3. The quantitative estimate of drug-likeness (QED) is 0.586. The van der Waals surface area contributed by atoms with E-state index in [0.29, 0.717) is 11.0 Å². The number of fused-ring (bicyclic) bond motifs is 1. The van der Waals surface area contributed by atoms with Crippen LogP contribution in [0.15, 0.2) is 36.8 Å². The topological polar surface area (TPSA) is 93.9 Å². The first-order chi connectivity index (χ1) is 10.6. The van der Waals surface area contributed by atoms with Crippen LogP contribution in [0.5, 0.6) is 11.6 Å². The van der Waals surface area contributed by atoms with Crippen molar-refractivity contribution in [2.45, 2.75) is 13.8 Å². The Morgan fingerprint density at radius 3 is 2.73 bits per heavy atom. The van der Waals surface area contributed by atoms with E-state index >= 15 is 0 Å². The van der Waals surface area contributed by atoms with Crippen molar-refractivity contribution >= 4 is 16.7 Å². The van der Waals surface area contributed by atoms with Crippen LogP contribution in [0.1, 0.15) is 13.8 Å². The molecule has 0 spiro atoms. The fourth-order valence-electron chi connectivity index (χ4n) is 1.72. The summed E-state index contributed by atoms with van der Waals surface area (Å²) in [5.41, 5.74) is 0.210. The van der Waals surface area contributed by atoms with Crippen molar-refractivity contribution < 1.29 is 14.1 Å². The number of nitro benzene ring substituents is 1. The number of ether oxygens (including phenoxy) is 1. The van der Waals surface area contributed by atoms with E-state index in [4.69, 9.17) is 4.74 Å². The molecule has 0 atom stereocenters. The van der Waals surface area contributed by atoms with Crippen molar-refractivity contribution in [1.82, 2.24) is 15.0 Å². The van der Waals surface area contributed by atoms with Crippen LogP contribution >= 0.6 is 0 Å². The maximum atomic E-state index is 13.7. The highest BCUT2D eigenvalue weighted by Gasteiger charge is 2.14. The van der Waals surface area contributed by atoms with E-state index in [1.165, 1.54) is 12.4 Å². The van der Waals surface area contributed by atoms with Gasteiger partial charge in [-0.15, -0.1) is 0 Å². The monoisotopic (exact) mass is 304 g/mol. The molecule has 0 bridgehead atoms. The van der Waals surface area contributed by atoms with Gasteiger partial charge in [0.15, 0.2) is 11.6 Å². The molecule has 0 saturated heterocycles. The number of halogens is 1. The second-order valence-corrected chi connectivity index (χ2v) is 3.89. The van der Waals surface area contributed by atoms with E-state index in [-0.39, 0.29) is 17.3 Å². The molecule has 2 heterocycles.